The van der Waals surface area contributed by atoms with E-state index in [2.05, 4.69) is 10.3 Å². The molecule has 128 valence electrons. The van der Waals surface area contributed by atoms with Crippen molar-refractivity contribution in [2.75, 3.05) is 25.6 Å². The average Bonchev–Trinajstić information content (AvgIpc) is 2.60. The molecule has 0 radical (unpaired) electrons. The van der Waals surface area contributed by atoms with E-state index in [1.54, 1.807) is 7.11 Å². The second-order valence-corrected chi connectivity index (χ2v) is 5.08. The van der Waals surface area contributed by atoms with Gasteiger partial charge in [0.2, 0.25) is 0 Å². The third kappa shape index (κ3) is 4.67. The fourth-order valence-electron chi connectivity index (χ4n) is 2.24. The van der Waals surface area contributed by atoms with Crippen molar-refractivity contribution in [1.82, 2.24) is 0 Å². The highest BCUT2D eigenvalue weighted by Gasteiger charge is 2.20. The number of benzene rings is 2. The minimum Gasteiger partial charge on any atom is -0.497 e. The van der Waals surface area contributed by atoms with Gasteiger partial charge in [0.25, 0.3) is 0 Å². The lowest BCUT2D eigenvalue weighted by atomic mass is 10.2. The van der Waals surface area contributed by atoms with Gasteiger partial charge >= 0.3 is 0 Å². The fourth-order valence-corrected chi connectivity index (χ4v) is 2.24. The van der Waals surface area contributed by atoms with Crippen LogP contribution in [-0.2, 0) is 0 Å². The van der Waals surface area contributed by atoms with Crippen LogP contribution in [0.3, 0.4) is 0 Å². The zero-order valence-corrected chi connectivity index (χ0v) is 15.6. The van der Waals surface area contributed by atoms with Gasteiger partial charge in [-0.25, -0.2) is 4.99 Å². The van der Waals surface area contributed by atoms with Gasteiger partial charge in [0.1, 0.15) is 12.4 Å². The third-order valence-corrected chi connectivity index (χ3v) is 3.37. The Bertz CT molecular complexity index is 709. The van der Waals surface area contributed by atoms with Crippen LogP contribution in [0.25, 0.3) is 0 Å². The maximum Gasteiger partial charge on any atom is 0.193 e. The lowest BCUT2D eigenvalue weighted by Gasteiger charge is -2.25. The Morgan fingerprint density at radius 3 is 2.83 bits per heavy atom. The summed E-state index contributed by atoms with van der Waals surface area (Å²) >= 11 is 0. The monoisotopic (exact) mass is 441 g/mol. The van der Waals surface area contributed by atoms with Crippen molar-refractivity contribution in [1.29, 1.82) is 0 Å². The van der Waals surface area contributed by atoms with Gasteiger partial charge in [-0.05, 0) is 24.3 Å². The van der Waals surface area contributed by atoms with Crippen molar-refractivity contribution in [2.45, 2.75) is 6.10 Å². The summed E-state index contributed by atoms with van der Waals surface area (Å²) < 4.78 is 16.6. The van der Waals surface area contributed by atoms with Crippen LogP contribution in [0.4, 0.5) is 5.69 Å². The predicted octanol–water partition coefficient (Wildman–Crippen LogP) is 2.88. The summed E-state index contributed by atoms with van der Waals surface area (Å²) in [5, 5.41) is 3.03. The number of guanidine groups is 1. The van der Waals surface area contributed by atoms with Crippen LogP contribution < -0.4 is 25.3 Å². The average molecular weight is 441 g/mol. The molecule has 0 aliphatic carbocycles. The molecule has 2 aromatic carbocycles. The number of fused-ring (bicyclic) bond motifs is 1. The minimum absolute atomic E-state index is 0. The van der Waals surface area contributed by atoms with E-state index in [0.717, 1.165) is 22.9 Å². The molecule has 0 fully saturated rings. The molecule has 3 N–H and O–H groups in total. The zero-order valence-electron chi connectivity index (χ0n) is 13.3. The zero-order chi connectivity index (χ0) is 16.1. The quantitative estimate of drug-likeness (QED) is 0.434. The summed E-state index contributed by atoms with van der Waals surface area (Å²) in [5.74, 6) is 2.57. The van der Waals surface area contributed by atoms with Gasteiger partial charge in [-0.2, -0.15) is 0 Å². The Hall–Kier alpha value is -2.16. The molecule has 1 unspecified atom stereocenters. The number of hydrogen-bond donors (Lipinski definition) is 2. The lowest BCUT2D eigenvalue weighted by Crippen LogP contribution is -2.33. The lowest BCUT2D eigenvalue weighted by molar-refractivity contribution is 0.0972. The highest BCUT2D eigenvalue weighted by molar-refractivity contribution is 14.0. The number of halogens is 1. The molecule has 2 aromatic rings. The van der Waals surface area contributed by atoms with E-state index in [0.29, 0.717) is 19.1 Å². The smallest absolute Gasteiger partial charge is 0.193 e. The highest BCUT2D eigenvalue weighted by Crippen LogP contribution is 2.30. The summed E-state index contributed by atoms with van der Waals surface area (Å²) in [6, 6.07) is 15.1. The number of rotatable bonds is 4. The second kappa shape index (κ2) is 8.62. The topological polar surface area (TPSA) is 78.1 Å². The van der Waals surface area contributed by atoms with E-state index in [9.17, 15) is 0 Å². The molecule has 1 atom stereocenters. The first-order valence-electron chi connectivity index (χ1n) is 7.34. The minimum atomic E-state index is -0.157. The van der Waals surface area contributed by atoms with Crippen LogP contribution in [0, 0.1) is 0 Å². The first-order chi connectivity index (χ1) is 11.2. The maximum absolute atomic E-state index is 5.91. The largest absolute Gasteiger partial charge is 0.497 e. The summed E-state index contributed by atoms with van der Waals surface area (Å²) in [6.45, 7) is 0.865. The Kier molecular flexibility index (Phi) is 6.53. The molecule has 0 saturated carbocycles. The van der Waals surface area contributed by atoms with Crippen LogP contribution in [-0.4, -0.2) is 32.3 Å². The van der Waals surface area contributed by atoms with Crippen LogP contribution in [0.15, 0.2) is 53.5 Å². The van der Waals surface area contributed by atoms with E-state index in [1.165, 1.54) is 0 Å². The SMILES string of the molecule is COc1cccc(NC(N)=NCC2COc3ccccc3O2)c1.I. The number of nitrogens with zero attached hydrogens (tertiary/aromatic N) is 1. The van der Waals surface area contributed by atoms with Gasteiger partial charge in [0, 0.05) is 11.8 Å². The molecule has 24 heavy (non-hydrogen) atoms. The summed E-state index contributed by atoms with van der Waals surface area (Å²) in [6.07, 6.45) is -0.157. The third-order valence-electron chi connectivity index (χ3n) is 3.37. The Labute approximate surface area is 158 Å². The van der Waals surface area contributed by atoms with Gasteiger partial charge in [-0.3, -0.25) is 0 Å². The molecule has 1 aliphatic heterocycles. The molecule has 1 aliphatic rings. The van der Waals surface area contributed by atoms with Crippen molar-refractivity contribution in [3.05, 3.63) is 48.5 Å². The van der Waals surface area contributed by atoms with Crippen LogP contribution >= 0.6 is 24.0 Å². The van der Waals surface area contributed by atoms with Crippen molar-refractivity contribution in [3.63, 3.8) is 0 Å². The van der Waals surface area contributed by atoms with Crippen molar-refractivity contribution < 1.29 is 14.2 Å². The number of anilines is 1. The molecule has 0 aromatic heterocycles. The van der Waals surface area contributed by atoms with Crippen molar-refractivity contribution in [2.24, 2.45) is 10.7 Å². The van der Waals surface area contributed by atoms with E-state index < -0.39 is 0 Å². The van der Waals surface area contributed by atoms with E-state index in [4.69, 9.17) is 19.9 Å². The van der Waals surface area contributed by atoms with Gasteiger partial charge < -0.3 is 25.3 Å². The molecule has 0 amide bonds. The van der Waals surface area contributed by atoms with Crippen molar-refractivity contribution in [3.8, 4) is 17.2 Å². The Morgan fingerprint density at radius 2 is 2.04 bits per heavy atom. The standard InChI is InChI=1S/C17H19N3O3.HI/c1-21-13-6-4-5-12(9-13)20-17(18)19-10-14-11-22-15-7-2-3-8-16(15)23-14;/h2-9,14H,10-11H2,1H3,(H3,18,19,20);1H. The number of nitrogens with two attached hydrogens (primary N) is 1. The van der Waals surface area contributed by atoms with Crippen LogP contribution in [0.1, 0.15) is 0 Å². The summed E-state index contributed by atoms with van der Waals surface area (Å²) in [5.41, 5.74) is 6.73. The number of hydrogen-bond acceptors (Lipinski definition) is 4. The van der Waals surface area contributed by atoms with Gasteiger partial charge in [0.05, 0.1) is 13.7 Å². The van der Waals surface area contributed by atoms with Gasteiger partial charge in [-0.15, -0.1) is 24.0 Å². The van der Waals surface area contributed by atoms with E-state index in [-0.39, 0.29) is 30.1 Å². The second-order valence-electron chi connectivity index (χ2n) is 5.08. The molecular weight excluding hydrogens is 421 g/mol. The first-order valence-corrected chi connectivity index (χ1v) is 7.34. The van der Waals surface area contributed by atoms with E-state index >= 15 is 0 Å². The molecule has 0 bridgehead atoms. The number of methoxy groups -OCH3 is 1. The van der Waals surface area contributed by atoms with Crippen molar-refractivity contribution >= 4 is 35.6 Å². The maximum atomic E-state index is 5.91. The molecule has 0 spiro atoms. The molecule has 6 nitrogen and oxygen atoms in total. The van der Waals surface area contributed by atoms with E-state index in [1.807, 2.05) is 48.5 Å². The fraction of sp³-hybridized carbons (Fsp3) is 0.235. The Balaban J connectivity index is 0.00000208. The predicted molar refractivity (Wildman–Crippen MR) is 105 cm³/mol. The van der Waals surface area contributed by atoms with Crippen LogP contribution in [0.2, 0.25) is 0 Å². The number of ether oxygens (including phenoxy) is 3. The van der Waals surface area contributed by atoms with Gasteiger partial charge in [0.15, 0.2) is 23.6 Å². The van der Waals surface area contributed by atoms with Gasteiger partial charge in [-0.1, -0.05) is 18.2 Å². The summed E-state index contributed by atoms with van der Waals surface area (Å²) in [4.78, 5) is 4.31. The Morgan fingerprint density at radius 1 is 1.25 bits per heavy atom. The molecule has 7 heteroatoms. The number of para-hydroxylation sites is 2. The molecule has 0 saturated heterocycles. The molecule has 1 heterocycles. The normalized spacial score (nSPS) is 16.0. The molecular formula is C17H20IN3O3. The van der Waals surface area contributed by atoms with Crippen LogP contribution in [0.5, 0.6) is 17.2 Å². The molecule has 3 rings (SSSR count). The number of nitrogens with one attached hydrogen (secondary N) is 1. The number of aliphatic imine (C=N–C) groups is 1. The summed E-state index contributed by atoms with van der Waals surface area (Å²) in [7, 11) is 1.62. The highest BCUT2D eigenvalue weighted by atomic mass is 127. The first kappa shape index (κ1) is 18.2.